The Morgan fingerprint density at radius 1 is 1.14 bits per heavy atom. The van der Waals surface area contributed by atoms with E-state index in [9.17, 15) is 4.79 Å². The van der Waals surface area contributed by atoms with Crippen LogP contribution in [0.25, 0.3) is 11.5 Å². The number of ketones is 1. The van der Waals surface area contributed by atoms with Gasteiger partial charge in [0.15, 0.2) is 5.78 Å². The molecule has 0 aliphatic carbocycles. The summed E-state index contributed by atoms with van der Waals surface area (Å²) in [4.78, 5) is 11.2. The number of nitrogens with one attached hydrogen (secondary N) is 1. The molecule has 5 nitrogen and oxygen atoms in total. The molecule has 0 aliphatic heterocycles. The van der Waals surface area contributed by atoms with Gasteiger partial charge in [0.05, 0.1) is 0 Å². The maximum atomic E-state index is 11.2. The molecule has 2 aromatic carbocycles. The fourth-order valence-corrected chi connectivity index (χ4v) is 2.32. The zero-order valence-electron chi connectivity index (χ0n) is 11.7. The van der Waals surface area contributed by atoms with Crippen molar-refractivity contribution in [1.29, 1.82) is 0 Å². The molecule has 0 spiro atoms. The molecule has 0 aliphatic rings. The van der Waals surface area contributed by atoms with Gasteiger partial charge in [0.1, 0.15) is 0 Å². The first kappa shape index (κ1) is 14.5. The summed E-state index contributed by atoms with van der Waals surface area (Å²) in [6.07, 6.45) is 0. The van der Waals surface area contributed by atoms with Crippen LogP contribution in [0, 0.1) is 0 Å². The average molecular weight is 358 g/mol. The monoisotopic (exact) mass is 357 g/mol. The zero-order valence-corrected chi connectivity index (χ0v) is 13.3. The second kappa shape index (κ2) is 6.11. The Kier molecular flexibility index (Phi) is 4.02. The molecular formula is C16H12BrN3O2. The zero-order chi connectivity index (χ0) is 15.5. The highest BCUT2D eigenvalue weighted by Crippen LogP contribution is 2.24. The number of carbonyl (C=O) groups is 1. The van der Waals surface area contributed by atoms with Gasteiger partial charge in [-0.2, -0.15) is 0 Å². The summed E-state index contributed by atoms with van der Waals surface area (Å²) in [5.41, 5.74) is 2.27. The topological polar surface area (TPSA) is 68.0 Å². The largest absolute Gasteiger partial charge is 0.403 e. The van der Waals surface area contributed by atoms with Gasteiger partial charge in [0.25, 0.3) is 0 Å². The Morgan fingerprint density at radius 3 is 2.59 bits per heavy atom. The maximum absolute atomic E-state index is 11.2. The van der Waals surface area contributed by atoms with Crippen molar-refractivity contribution in [2.24, 2.45) is 0 Å². The molecule has 1 aromatic heterocycles. The minimum Gasteiger partial charge on any atom is -0.403 e. The Bertz CT molecular complexity index is 812. The van der Waals surface area contributed by atoms with Gasteiger partial charge in [0.2, 0.25) is 5.89 Å². The third kappa shape index (κ3) is 3.23. The highest BCUT2D eigenvalue weighted by atomic mass is 79.9. The Balaban J connectivity index is 1.78. The van der Waals surface area contributed by atoms with Gasteiger partial charge in [-0.15, -0.1) is 5.10 Å². The van der Waals surface area contributed by atoms with Crippen LogP contribution in [0.1, 0.15) is 17.3 Å². The van der Waals surface area contributed by atoms with Gasteiger partial charge in [-0.25, -0.2) is 0 Å². The molecule has 0 bridgehead atoms. The van der Waals surface area contributed by atoms with Crippen molar-refractivity contribution in [3.05, 3.63) is 58.6 Å². The second-order valence-corrected chi connectivity index (χ2v) is 5.60. The molecule has 1 heterocycles. The summed E-state index contributed by atoms with van der Waals surface area (Å²) in [6, 6.07) is 15.0. The fourth-order valence-electron chi connectivity index (χ4n) is 1.92. The van der Waals surface area contributed by atoms with Crippen LogP contribution in [0.15, 0.2) is 57.4 Å². The molecular weight excluding hydrogens is 346 g/mol. The molecule has 3 rings (SSSR count). The van der Waals surface area contributed by atoms with Gasteiger partial charge < -0.3 is 9.73 Å². The first-order valence-electron chi connectivity index (χ1n) is 6.59. The van der Waals surface area contributed by atoms with Crippen LogP contribution in [-0.2, 0) is 0 Å². The van der Waals surface area contributed by atoms with Crippen molar-refractivity contribution in [3.63, 3.8) is 0 Å². The van der Waals surface area contributed by atoms with E-state index < -0.39 is 0 Å². The quantitative estimate of drug-likeness (QED) is 0.698. The van der Waals surface area contributed by atoms with Gasteiger partial charge >= 0.3 is 6.01 Å². The van der Waals surface area contributed by atoms with Crippen LogP contribution in [0.2, 0.25) is 0 Å². The third-order valence-corrected chi connectivity index (χ3v) is 3.53. The molecule has 0 unspecified atom stereocenters. The van der Waals surface area contributed by atoms with Crippen LogP contribution < -0.4 is 5.32 Å². The lowest BCUT2D eigenvalue weighted by Crippen LogP contribution is -1.94. The minimum absolute atomic E-state index is 0.0290. The summed E-state index contributed by atoms with van der Waals surface area (Å²) < 4.78 is 6.53. The van der Waals surface area contributed by atoms with E-state index in [-0.39, 0.29) is 5.78 Å². The molecule has 0 fully saturated rings. The highest BCUT2D eigenvalue weighted by Gasteiger charge is 2.09. The van der Waals surface area contributed by atoms with Crippen LogP contribution in [-0.4, -0.2) is 16.0 Å². The van der Waals surface area contributed by atoms with E-state index in [1.165, 1.54) is 6.92 Å². The molecule has 3 aromatic rings. The number of carbonyl (C=O) groups excluding carboxylic acids is 1. The number of hydrogen-bond acceptors (Lipinski definition) is 5. The Hall–Kier alpha value is -2.47. The molecule has 1 N–H and O–H groups in total. The maximum Gasteiger partial charge on any atom is 0.320 e. The summed E-state index contributed by atoms with van der Waals surface area (Å²) >= 11 is 3.41. The molecule has 0 saturated carbocycles. The van der Waals surface area contributed by atoms with E-state index in [0.29, 0.717) is 17.5 Å². The lowest BCUT2D eigenvalue weighted by molar-refractivity contribution is 0.101. The lowest BCUT2D eigenvalue weighted by Gasteiger charge is -2.01. The minimum atomic E-state index is 0.0290. The molecule has 6 heteroatoms. The smallest absolute Gasteiger partial charge is 0.320 e. The number of anilines is 2. The molecule has 110 valence electrons. The third-order valence-electron chi connectivity index (χ3n) is 3.04. The van der Waals surface area contributed by atoms with E-state index >= 15 is 0 Å². The van der Waals surface area contributed by atoms with Crippen LogP contribution in [0.4, 0.5) is 11.7 Å². The molecule has 0 atom stereocenters. The summed E-state index contributed by atoms with van der Waals surface area (Å²) in [7, 11) is 0. The van der Waals surface area contributed by atoms with Crippen molar-refractivity contribution in [2.45, 2.75) is 6.92 Å². The number of aromatic nitrogens is 2. The molecule has 0 radical (unpaired) electrons. The first-order chi connectivity index (χ1) is 10.6. The molecule has 22 heavy (non-hydrogen) atoms. The van der Waals surface area contributed by atoms with Crippen molar-refractivity contribution in [2.75, 3.05) is 5.32 Å². The van der Waals surface area contributed by atoms with Gasteiger partial charge in [-0.1, -0.05) is 27.1 Å². The van der Waals surface area contributed by atoms with E-state index in [1.54, 1.807) is 24.3 Å². The average Bonchev–Trinajstić information content (AvgIpc) is 2.96. The van der Waals surface area contributed by atoms with E-state index in [0.717, 1.165) is 15.7 Å². The molecule has 0 amide bonds. The number of rotatable bonds is 4. The number of nitrogens with zero attached hydrogens (tertiary/aromatic N) is 2. The normalized spacial score (nSPS) is 10.5. The Labute approximate surface area is 135 Å². The fraction of sp³-hybridized carbons (Fsp3) is 0.0625. The number of Topliss-reactive ketones (excluding diaryl/α,β-unsaturated/α-hetero) is 1. The van der Waals surface area contributed by atoms with Crippen LogP contribution in [0.3, 0.4) is 0 Å². The van der Waals surface area contributed by atoms with Gasteiger partial charge in [-0.05, 0) is 49.4 Å². The van der Waals surface area contributed by atoms with E-state index in [4.69, 9.17) is 4.42 Å². The number of benzene rings is 2. The summed E-state index contributed by atoms with van der Waals surface area (Å²) in [5.74, 6) is 0.463. The van der Waals surface area contributed by atoms with Crippen molar-refractivity contribution in [3.8, 4) is 11.5 Å². The van der Waals surface area contributed by atoms with Gasteiger partial charge in [0, 0.05) is 21.3 Å². The van der Waals surface area contributed by atoms with Crippen LogP contribution in [0.5, 0.6) is 0 Å². The Morgan fingerprint density at radius 2 is 1.91 bits per heavy atom. The highest BCUT2D eigenvalue weighted by molar-refractivity contribution is 9.10. The standard InChI is InChI=1S/C16H12BrN3O2/c1-10(21)11-5-7-14(8-6-11)18-16-20-19-15(22-16)12-3-2-4-13(17)9-12/h2-9H,1H3,(H,18,20). The number of halogens is 1. The SMILES string of the molecule is CC(=O)c1ccc(Nc2nnc(-c3cccc(Br)c3)o2)cc1. The predicted octanol–water partition coefficient (Wildman–Crippen LogP) is 4.45. The van der Waals surface area contributed by atoms with E-state index in [1.807, 2.05) is 24.3 Å². The second-order valence-electron chi connectivity index (χ2n) is 4.68. The molecule has 0 saturated heterocycles. The van der Waals surface area contributed by atoms with Crippen LogP contribution >= 0.6 is 15.9 Å². The summed E-state index contributed by atoms with van der Waals surface area (Å²) in [6.45, 7) is 1.53. The van der Waals surface area contributed by atoms with E-state index in [2.05, 4.69) is 31.4 Å². The van der Waals surface area contributed by atoms with Crippen molar-refractivity contribution >= 4 is 33.4 Å². The van der Waals surface area contributed by atoms with Gasteiger partial charge in [-0.3, -0.25) is 4.79 Å². The predicted molar refractivity (Wildman–Crippen MR) is 87.2 cm³/mol. The summed E-state index contributed by atoms with van der Waals surface area (Å²) in [5, 5.41) is 11.0. The van der Waals surface area contributed by atoms with Crippen molar-refractivity contribution < 1.29 is 9.21 Å². The first-order valence-corrected chi connectivity index (χ1v) is 7.38. The lowest BCUT2D eigenvalue weighted by atomic mass is 10.1. The number of hydrogen-bond donors (Lipinski definition) is 1. The van der Waals surface area contributed by atoms with Crippen molar-refractivity contribution in [1.82, 2.24) is 10.2 Å².